The van der Waals surface area contributed by atoms with Crippen molar-refractivity contribution in [3.63, 3.8) is 0 Å². The van der Waals surface area contributed by atoms with Gasteiger partial charge in [-0.1, -0.05) is 0 Å². The molecule has 0 amide bonds. The van der Waals surface area contributed by atoms with Crippen molar-refractivity contribution >= 4 is 8.25 Å². The summed E-state index contributed by atoms with van der Waals surface area (Å²) in [5, 5.41) is 0. The molecule has 0 aliphatic carbocycles. The summed E-state index contributed by atoms with van der Waals surface area (Å²) in [6.07, 6.45) is 10.2. The minimum absolute atomic E-state index is 1.62. The number of rotatable bonds is 0. The van der Waals surface area contributed by atoms with Gasteiger partial charge < -0.3 is 19.8 Å². The van der Waals surface area contributed by atoms with Gasteiger partial charge in [0, 0.05) is 24.8 Å². The fourth-order valence-electron chi connectivity index (χ4n) is 0.430. The molecule has 8 heteroatoms. The molecule has 78 valence electrons. The maximum Gasteiger partial charge on any atom is 0.314 e. The van der Waals surface area contributed by atoms with Crippen LogP contribution in [0.4, 0.5) is 0 Å². The molecule has 4 N–H and O–H groups in total. The first-order chi connectivity index (χ1) is 6.73. The maximum atomic E-state index is 8.74. The van der Waals surface area contributed by atoms with E-state index in [0.717, 1.165) is 0 Å². The first kappa shape index (κ1) is 12.6. The smallest absolute Gasteiger partial charge is 0.314 e. The Morgan fingerprint density at radius 3 is 1.43 bits per heavy atom. The first-order valence-corrected chi connectivity index (χ1v) is 4.81. The second-order valence-electron chi connectivity index (χ2n) is 1.80. The third kappa shape index (κ3) is 13.2. The third-order valence-electron chi connectivity index (χ3n) is 0.812. The van der Waals surface area contributed by atoms with Gasteiger partial charge >= 0.3 is 8.25 Å². The number of nitrogens with one attached hydrogen (secondary N) is 2. The van der Waals surface area contributed by atoms with Gasteiger partial charge in [-0.15, -0.1) is 0 Å². The Bertz CT molecular complexity index is 232. The van der Waals surface area contributed by atoms with E-state index in [2.05, 4.69) is 19.9 Å². The molecule has 0 unspecified atom stereocenters. The molecule has 0 fully saturated rings. The summed E-state index contributed by atoms with van der Waals surface area (Å²) >= 11 is 0. The van der Waals surface area contributed by atoms with Crippen molar-refractivity contribution in [2.75, 3.05) is 0 Å². The number of imidazole rings is 2. The molecule has 14 heavy (non-hydrogen) atoms. The molecule has 0 saturated heterocycles. The summed E-state index contributed by atoms with van der Waals surface area (Å²) < 4.78 is 8.74. The SMILES string of the molecule is O=[PH](O)O.c1c[nH]cn1.c1c[nH]cn1. The zero-order valence-electron chi connectivity index (χ0n) is 7.16. The van der Waals surface area contributed by atoms with Crippen LogP contribution in [0.2, 0.25) is 0 Å². The predicted molar refractivity (Wildman–Crippen MR) is 50.6 cm³/mol. The standard InChI is InChI=1S/2C3H4N2.H3O3P/c2*1-2-5-3-4-1;1-4(2)3/h2*1-3H,(H,4,5);4H,(H2,1,2,3). The van der Waals surface area contributed by atoms with Crippen molar-refractivity contribution in [2.24, 2.45) is 0 Å². The topological polar surface area (TPSA) is 115 Å². The Kier molecular flexibility index (Phi) is 8.67. The molecule has 2 aromatic heterocycles. The molecule has 0 bridgehead atoms. The summed E-state index contributed by atoms with van der Waals surface area (Å²) in [7, 11) is -3.13. The summed E-state index contributed by atoms with van der Waals surface area (Å²) in [5.74, 6) is 0. The summed E-state index contributed by atoms with van der Waals surface area (Å²) in [4.78, 5) is 27.1. The van der Waals surface area contributed by atoms with Crippen molar-refractivity contribution in [3.8, 4) is 0 Å². The van der Waals surface area contributed by atoms with E-state index in [-0.39, 0.29) is 0 Å². The fraction of sp³-hybridized carbons (Fsp3) is 0. The van der Waals surface area contributed by atoms with Crippen LogP contribution in [0.15, 0.2) is 37.4 Å². The normalized spacial score (nSPS) is 8.21. The molecule has 0 aliphatic rings. The van der Waals surface area contributed by atoms with E-state index in [0.29, 0.717) is 0 Å². The van der Waals surface area contributed by atoms with Crippen LogP contribution >= 0.6 is 8.25 Å². The van der Waals surface area contributed by atoms with Crippen LogP contribution in [-0.4, -0.2) is 29.7 Å². The predicted octanol–water partition coefficient (Wildman–Crippen LogP) is 0.180. The van der Waals surface area contributed by atoms with Gasteiger partial charge in [0.05, 0.1) is 12.7 Å². The van der Waals surface area contributed by atoms with Crippen molar-refractivity contribution in [1.82, 2.24) is 19.9 Å². The zero-order valence-corrected chi connectivity index (χ0v) is 8.16. The molecule has 2 rings (SSSR count). The summed E-state index contributed by atoms with van der Waals surface area (Å²) in [6, 6.07) is 0. The molecule has 0 aliphatic heterocycles. The van der Waals surface area contributed by atoms with Crippen LogP contribution in [0, 0.1) is 0 Å². The van der Waals surface area contributed by atoms with Gasteiger partial charge in [-0.05, 0) is 0 Å². The van der Waals surface area contributed by atoms with Gasteiger partial charge in [0.25, 0.3) is 0 Å². The zero-order chi connectivity index (χ0) is 10.6. The molecular weight excluding hydrogens is 207 g/mol. The average Bonchev–Trinajstić information content (AvgIpc) is 2.83. The van der Waals surface area contributed by atoms with Gasteiger partial charge in [0.1, 0.15) is 0 Å². The average molecular weight is 218 g/mol. The molecule has 2 aromatic rings. The van der Waals surface area contributed by atoms with Gasteiger partial charge in [-0.2, -0.15) is 0 Å². The van der Waals surface area contributed by atoms with E-state index in [9.17, 15) is 0 Å². The highest BCUT2D eigenvalue weighted by atomic mass is 31.1. The monoisotopic (exact) mass is 218 g/mol. The molecule has 0 saturated carbocycles. The van der Waals surface area contributed by atoms with E-state index in [1.54, 1.807) is 37.4 Å². The van der Waals surface area contributed by atoms with Crippen molar-refractivity contribution in [3.05, 3.63) is 37.4 Å². The Morgan fingerprint density at radius 2 is 1.36 bits per heavy atom. The maximum absolute atomic E-state index is 8.74. The van der Waals surface area contributed by atoms with E-state index in [1.807, 2.05) is 0 Å². The van der Waals surface area contributed by atoms with Crippen LogP contribution < -0.4 is 0 Å². The van der Waals surface area contributed by atoms with E-state index < -0.39 is 8.25 Å². The minimum Gasteiger partial charge on any atom is -0.351 e. The highest BCUT2D eigenvalue weighted by Crippen LogP contribution is 1.98. The molecule has 0 radical (unpaired) electrons. The van der Waals surface area contributed by atoms with Crippen LogP contribution in [0.3, 0.4) is 0 Å². The Morgan fingerprint density at radius 1 is 1.00 bits per heavy atom. The van der Waals surface area contributed by atoms with Crippen LogP contribution in [-0.2, 0) is 4.57 Å². The van der Waals surface area contributed by atoms with E-state index in [4.69, 9.17) is 14.4 Å². The fourth-order valence-corrected chi connectivity index (χ4v) is 0.430. The molecule has 2 heterocycles. The number of aromatic nitrogens is 4. The molecule has 0 atom stereocenters. The van der Waals surface area contributed by atoms with Crippen LogP contribution in [0.25, 0.3) is 0 Å². The highest BCUT2D eigenvalue weighted by Gasteiger charge is 1.61. The Balaban J connectivity index is 0.000000183. The molecule has 0 spiro atoms. The molecule has 0 aromatic carbocycles. The molecular formula is C6H11N4O3P. The van der Waals surface area contributed by atoms with E-state index in [1.165, 1.54) is 0 Å². The van der Waals surface area contributed by atoms with Crippen LogP contribution in [0.5, 0.6) is 0 Å². The lowest BCUT2D eigenvalue weighted by atomic mass is 11.0. The van der Waals surface area contributed by atoms with Crippen molar-refractivity contribution < 1.29 is 14.4 Å². The Labute approximate surface area is 80.8 Å². The lowest BCUT2D eigenvalue weighted by molar-refractivity contribution is 0.405. The number of hydrogen-bond donors (Lipinski definition) is 4. The van der Waals surface area contributed by atoms with Crippen molar-refractivity contribution in [2.45, 2.75) is 0 Å². The summed E-state index contributed by atoms with van der Waals surface area (Å²) in [6.45, 7) is 0. The second-order valence-corrected chi connectivity index (χ2v) is 2.37. The minimum atomic E-state index is -3.13. The lowest BCUT2D eigenvalue weighted by Gasteiger charge is -1.61. The number of hydrogen-bond acceptors (Lipinski definition) is 3. The number of H-pyrrole nitrogens is 2. The highest BCUT2D eigenvalue weighted by molar-refractivity contribution is 7.30. The van der Waals surface area contributed by atoms with Crippen LogP contribution in [0.1, 0.15) is 0 Å². The van der Waals surface area contributed by atoms with Gasteiger partial charge in [-0.3, -0.25) is 4.57 Å². The first-order valence-electron chi connectivity index (χ1n) is 3.51. The van der Waals surface area contributed by atoms with Gasteiger partial charge in [0.15, 0.2) is 0 Å². The van der Waals surface area contributed by atoms with Gasteiger partial charge in [0.2, 0.25) is 0 Å². The number of nitrogens with zero attached hydrogens (tertiary/aromatic N) is 2. The third-order valence-corrected chi connectivity index (χ3v) is 0.812. The lowest BCUT2D eigenvalue weighted by Crippen LogP contribution is -1.44. The Hall–Kier alpha value is -1.43. The summed E-state index contributed by atoms with van der Waals surface area (Å²) in [5.41, 5.74) is 0. The largest absolute Gasteiger partial charge is 0.351 e. The van der Waals surface area contributed by atoms with E-state index >= 15 is 0 Å². The molecule has 7 nitrogen and oxygen atoms in total. The van der Waals surface area contributed by atoms with Gasteiger partial charge in [-0.25, -0.2) is 9.97 Å². The quantitative estimate of drug-likeness (QED) is 0.471. The number of aromatic amines is 2. The second kappa shape index (κ2) is 9.66. The van der Waals surface area contributed by atoms with Crippen molar-refractivity contribution in [1.29, 1.82) is 0 Å².